The Kier molecular flexibility index (Phi) is 1.58. The number of nitrogens with two attached hydrogens (primary N) is 1. The Morgan fingerprint density at radius 1 is 1.33 bits per heavy atom. The first-order chi connectivity index (χ1) is 4.20. The molecule has 0 aliphatic rings. The van der Waals surface area contributed by atoms with Crippen molar-refractivity contribution >= 4 is 30.4 Å². The van der Waals surface area contributed by atoms with E-state index < -0.39 is 0 Å². The van der Waals surface area contributed by atoms with E-state index in [9.17, 15) is 0 Å². The van der Waals surface area contributed by atoms with E-state index in [4.69, 9.17) is 30.2 Å². The number of rotatable bonds is 0. The molecule has 0 saturated carbocycles. The lowest BCUT2D eigenvalue weighted by molar-refractivity contribution is 0.962. The number of aromatic amines is 2. The van der Waals surface area contributed by atoms with Gasteiger partial charge in [0.25, 0.3) is 0 Å². The Hall–Kier alpha value is -0.750. The van der Waals surface area contributed by atoms with Gasteiger partial charge in [-0.3, -0.25) is 10.2 Å². The van der Waals surface area contributed by atoms with Crippen molar-refractivity contribution in [3.63, 3.8) is 0 Å². The van der Waals surface area contributed by atoms with Gasteiger partial charge in [-0.25, -0.2) is 0 Å². The molecule has 0 unspecified atom stereocenters. The highest BCUT2D eigenvalue weighted by Crippen LogP contribution is 1.88. The van der Waals surface area contributed by atoms with Gasteiger partial charge in [0.1, 0.15) is 0 Å². The maximum Gasteiger partial charge on any atom is 0.213 e. The minimum atomic E-state index is 0.244. The number of nitrogens with one attached hydrogen (secondary N) is 2. The largest absolute Gasteiger partial charge is 0.368 e. The Labute approximate surface area is 61.1 Å². The molecule has 0 aliphatic heterocycles. The van der Waals surface area contributed by atoms with Crippen molar-refractivity contribution in [1.82, 2.24) is 15.2 Å². The number of H-pyrrole nitrogens is 2. The van der Waals surface area contributed by atoms with Crippen LogP contribution >= 0.6 is 24.4 Å². The third-order valence-corrected chi connectivity index (χ3v) is 1.44. The Bertz CT molecular complexity index is 310. The zero-order valence-corrected chi connectivity index (χ0v) is 5.97. The number of hydrogen-bond donors (Lipinski definition) is 3. The predicted molar refractivity (Wildman–Crippen MR) is 39.0 cm³/mol. The highest BCUT2D eigenvalue weighted by molar-refractivity contribution is 7.73. The molecule has 0 bridgehead atoms. The van der Waals surface area contributed by atoms with Crippen LogP contribution < -0.4 is 5.73 Å². The summed E-state index contributed by atoms with van der Waals surface area (Å²) in [4.78, 5) is 3.67. The van der Waals surface area contributed by atoms with Gasteiger partial charge in [0.2, 0.25) is 5.95 Å². The van der Waals surface area contributed by atoms with Crippen LogP contribution in [0.3, 0.4) is 0 Å². The second kappa shape index (κ2) is 2.24. The molecule has 4 nitrogen and oxygen atoms in total. The van der Waals surface area contributed by atoms with Crippen LogP contribution in [0.5, 0.6) is 0 Å². The average Bonchev–Trinajstić information content (AvgIpc) is 1.80. The van der Waals surface area contributed by atoms with Gasteiger partial charge in [0.05, 0.1) is 0 Å². The molecule has 1 heterocycles. The summed E-state index contributed by atoms with van der Waals surface area (Å²) in [5.74, 6) is 0.244. The van der Waals surface area contributed by atoms with Gasteiger partial charge in [-0.2, -0.15) is 4.98 Å². The standard InChI is InChI=1S/C3H4N4S2/c4-3-5-1(8)2(9)6-7-3/h(H,6,9)(H3,4,5,7,8). The van der Waals surface area contributed by atoms with E-state index in [1.54, 1.807) is 0 Å². The second-order valence-corrected chi connectivity index (χ2v) is 2.18. The summed E-state index contributed by atoms with van der Waals surface area (Å²) < 4.78 is 0.723. The summed E-state index contributed by atoms with van der Waals surface area (Å²) in [6.45, 7) is 0. The van der Waals surface area contributed by atoms with Crippen LogP contribution in [0.4, 0.5) is 5.95 Å². The summed E-state index contributed by atoms with van der Waals surface area (Å²) in [6, 6.07) is 0. The van der Waals surface area contributed by atoms with Crippen molar-refractivity contribution in [3.05, 3.63) is 9.28 Å². The van der Waals surface area contributed by atoms with Gasteiger partial charge in [0, 0.05) is 0 Å². The normalized spacial score (nSPS) is 9.33. The monoisotopic (exact) mass is 160 g/mol. The van der Waals surface area contributed by atoms with Gasteiger partial charge >= 0.3 is 0 Å². The molecule has 4 N–H and O–H groups in total. The third-order valence-electron chi connectivity index (χ3n) is 0.720. The van der Waals surface area contributed by atoms with Crippen LogP contribution in [0.15, 0.2) is 0 Å². The molecule has 0 aromatic carbocycles. The first kappa shape index (κ1) is 6.37. The molecule has 48 valence electrons. The zero-order chi connectivity index (χ0) is 6.85. The number of aromatic nitrogens is 3. The molecule has 0 aliphatic carbocycles. The molecular formula is C3H4N4S2. The number of anilines is 1. The van der Waals surface area contributed by atoms with Gasteiger partial charge < -0.3 is 5.73 Å². The van der Waals surface area contributed by atoms with Crippen LogP contribution in [0.25, 0.3) is 0 Å². The predicted octanol–water partition coefficient (Wildman–Crippen LogP) is 0.779. The first-order valence-corrected chi connectivity index (χ1v) is 2.96. The van der Waals surface area contributed by atoms with Crippen LogP contribution in [-0.4, -0.2) is 15.2 Å². The molecule has 1 aromatic heterocycles. The summed E-state index contributed by atoms with van der Waals surface area (Å²) in [6.07, 6.45) is 0. The summed E-state index contributed by atoms with van der Waals surface area (Å²) in [5.41, 5.74) is 5.22. The lowest BCUT2D eigenvalue weighted by Crippen LogP contribution is -1.96. The Morgan fingerprint density at radius 3 is 2.44 bits per heavy atom. The topological polar surface area (TPSA) is 70.5 Å². The van der Waals surface area contributed by atoms with Crippen molar-refractivity contribution in [3.8, 4) is 0 Å². The summed E-state index contributed by atoms with van der Waals surface area (Å²) >= 11 is 9.40. The van der Waals surface area contributed by atoms with Crippen molar-refractivity contribution in [2.24, 2.45) is 0 Å². The molecular weight excluding hydrogens is 156 g/mol. The quantitative estimate of drug-likeness (QED) is 0.490. The number of hydrogen-bond acceptors (Lipinski definition) is 4. The molecule has 1 aromatic rings. The fraction of sp³-hybridized carbons (Fsp3) is 0. The Morgan fingerprint density at radius 2 is 2.00 bits per heavy atom. The van der Waals surface area contributed by atoms with Crippen LogP contribution in [0.1, 0.15) is 0 Å². The maximum atomic E-state index is 5.22. The van der Waals surface area contributed by atoms with E-state index in [1.807, 2.05) is 0 Å². The van der Waals surface area contributed by atoms with E-state index in [0.29, 0.717) is 9.28 Å². The third kappa shape index (κ3) is 1.33. The minimum Gasteiger partial charge on any atom is -0.368 e. The Balaban J connectivity index is 3.53. The smallest absolute Gasteiger partial charge is 0.213 e. The lowest BCUT2D eigenvalue weighted by Gasteiger charge is -1.88. The van der Waals surface area contributed by atoms with E-state index >= 15 is 0 Å². The fourth-order valence-corrected chi connectivity index (χ4v) is 0.608. The van der Waals surface area contributed by atoms with E-state index in [1.165, 1.54) is 0 Å². The van der Waals surface area contributed by atoms with Crippen LogP contribution in [0, 0.1) is 9.28 Å². The van der Waals surface area contributed by atoms with Gasteiger partial charge in [-0.15, -0.1) is 0 Å². The SMILES string of the molecule is Nc1nc(=S)c(=S)[nH][nH]1. The zero-order valence-electron chi connectivity index (χ0n) is 4.34. The van der Waals surface area contributed by atoms with E-state index in [2.05, 4.69) is 15.2 Å². The minimum absolute atomic E-state index is 0.244. The molecule has 1 rings (SSSR count). The van der Waals surface area contributed by atoms with Gasteiger partial charge in [0.15, 0.2) is 9.28 Å². The van der Waals surface area contributed by atoms with Crippen molar-refractivity contribution in [2.45, 2.75) is 0 Å². The van der Waals surface area contributed by atoms with E-state index in [0.717, 1.165) is 0 Å². The average molecular weight is 160 g/mol. The molecule has 6 heteroatoms. The number of nitrogens with zero attached hydrogens (tertiary/aromatic N) is 1. The fourth-order valence-electron chi connectivity index (χ4n) is 0.362. The molecule has 9 heavy (non-hydrogen) atoms. The summed E-state index contributed by atoms with van der Waals surface area (Å²) in [7, 11) is 0. The van der Waals surface area contributed by atoms with Crippen molar-refractivity contribution < 1.29 is 0 Å². The molecule has 0 saturated heterocycles. The summed E-state index contributed by atoms with van der Waals surface area (Å²) in [5, 5.41) is 5.08. The molecule has 0 spiro atoms. The lowest BCUT2D eigenvalue weighted by atomic mass is 10.9. The molecule has 0 radical (unpaired) electrons. The highest BCUT2D eigenvalue weighted by atomic mass is 32.1. The van der Waals surface area contributed by atoms with Gasteiger partial charge in [-0.05, 0) is 0 Å². The number of nitrogen functional groups attached to an aromatic ring is 1. The highest BCUT2D eigenvalue weighted by Gasteiger charge is 1.84. The molecule has 0 amide bonds. The van der Waals surface area contributed by atoms with E-state index in [-0.39, 0.29) is 5.95 Å². The maximum absolute atomic E-state index is 5.22. The van der Waals surface area contributed by atoms with Crippen LogP contribution in [0.2, 0.25) is 0 Å². The van der Waals surface area contributed by atoms with Crippen molar-refractivity contribution in [1.29, 1.82) is 0 Å². The van der Waals surface area contributed by atoms with Gasteiger partial charge in [-0.1, -0.05) is 24.4 Å². The molecule has 0 fully saturated rings. The first-order valence-electron chi connectivity index (χ1n) is 2.14. The van der Waals surface area contributed by atoms with Crippen LogP contribution in [-0.2, 0) is 0 Å². The van der Waals surface area contributed by atoms with Crippen molar-refractivity contribution in [2.75, 3.05) is 5.73 Å². The second-order valence-electron chi connectivity index (χ2n) is 1.38. The molecule has 0 atom stereocenters.